The van der Waals surface area contributed by atoms with Gasteiger partial charge in [0.25, 0.3) is 0 Å². The number of hydrogen-bond donors (Lipinski definition) is 1. The van der Waals surface area contributed by atoms with E-state index in [2.05, 4.69) is 10.4 Å². The summed E-state index contributed by atoms with van der Waals surface area (Å²) in [6.07, 6.45) is 4.68. The van der Waals surface area contributed by atoms with Crippen molar-refractivity contribution in [3.8, 4) is 17.2 Å². The first-order valence-corrected chi connectivity index (χ1v) is 6.93. The summed E-state index contributed by atoms with van der Waals surface area (Å²) in [4.78, 5) is 0. The monoisotopic (exact) mass is 289 g/mol. The van der Waals surface area contributed by atoms with Gasteiger partial charge in [-0.15, -0.1) is 0 Å². The second kappa shape index (κ2) is 6.05. The summed E-state index contributed by atoms with van der Waals surface area (Å²) in [5.41, 5.74) is 2.22. The van der Waals surface area contributed by atoms with E-state index in [0.29, 0.717) is 6.61 Å². The highest BCUT2D eigenvalue weighted by Crippen LogP contribution is 2.38. The highest BCUT2D eigenvalue weighted by Gasteiger charge is 2.17. The fourth-order valence-corrected chi connectivity index (χ4v) is 2.31. The molecular weight excluding hydrogens is 270 g/mol. The van der Waals surface area contributed by atoms with Gasteiger partial charge in [-0.1, -0.05) is 0 Å². The Balaban J connectivity index is 1.68. The van der Waals surface area contributed by atoms with E-state index in [0.717, 1.165) is 41.3 Å². The molecular formula is C15H19N3O3. The summed E-state index contributed by atoms with van der Waals surface area (Å²) in [7, 11) is 3.82. The van der Waals surface area contributed by atoms with Crippen molar-refractivity contribution in [3.05, 3.63) is 35.7 Å². The maximum atomic E-state index is 5.92. The van der Waals surface area contributed by atoms with Gasteiger partial charge in [-0.3, -0.25) is 4.68 Å². The van der Waals surface area contributed by atoms with Crippen LogP contribution >= 0.6 is 0 Å². The van der Waals surface area contributed by atoms with Crippen LogP contribution < -0.4 is 19.5 Å². The number of aryl methyl sites for hydroxylation is 1. The lowest BCUT2D eigenvalue weighted by Gasteiger charge is -2.12. The number of ether oxygens (including phenoxy) is 3. The van der Waals surface area contributed by atoms with Crippen molar-refractivity contribution in [1.82, 2.24) is 15.1 Å². The summed E-state index contributed by atoms with van der Waals surface area (Å²) < 4.78 is 18.5. The van der Waals surface area contributed by atoms with Crippen LogP contribution in [0.15, 0.2) is 24.5 Å². The summed E-state index contributed by atoms with van der Waals surface area (Å²) in [6, 6.07) is 3.87. The Kier molecular flexibility index (Phi) is 3.96. The van der Waals surface area contributed by atoms with Gasteiger partial charge in [0.15, 0.2) is 11.5 Å². The van der Waals surface area contributed by atoms with Gasteiger partial charge >= 0.3 is 0 Å². The number of rotatable bonds is 6. The molecule has 1 aromatic carbocycles. The SMILES string of the molecule is CNCc1cc2c(cc1OCCc1cnn(C)c1)OCO2. The third-order valence-electron chi connectivity index (χ3n) is 3.33. The maximum absolute atomic E-state index is 5.92. The van der Waals surface area contributed by atoms with Crippen molar-refractivity contribution in [2.45, 2.75) is 13.0 Å². The fraction of sp³-hybridized carbons (Fsp3) is 0.400. The van der Waals surface area contributed by atoms with Crippen LogP contribution in [0.1, 0.15) is 11.1 Å². The predicted octanol–water partition coefficient (Wildman–Crippen LogP) is 1.49. The van der Waals surface area contributed by atoms with Crippen molar-refractivity contribution in [2.75, 3.05) is 20.4 Å². The van der Waals surface area contributed by atoms with E-state index in [1.165, 1.54) is 0 Å². The molecule has 1 aliphatic heterocycles. The van der Waals surface area contributed by atoms with E-state index in [4.69, 9.17) is 14.2 Å². The van der Waals surface area contributed by atoms with Crippen LogP contribution in [-0.2, 0) is 20.0 Å². The van der Waals surface area contributed by atoms with E-state index in [1.54, 1.807) is 4.68 Å². The van der Waals surface area contributed by atoms with Crippen LogP contribution in [0.4, 0.5) is 0 Å². The van der Waals surface area contributed by atoms with Gasteiger partial charge in [-0.05, 0) is 18.7 Å². The van der Waals surface area contributed by atoms with Gasteiger partial charge in [-0.25, -0.2) is 0 Å². The summed E-state index contributed by atoms with van der Waals surface area (Å²) in [5.74, 6) is 2.35. The van der Waals surface area contributed by atoms with Gasteiger partial charge in [0, 0.05) is 37.8 Å². The van der Waals surface area contributed by atoms with Crippen LogP contribution in [0, 0.1) is 0 Å². The highest BCUT2D eigenvalue weighted by atomic mass is 16.7. The van der Waals surface area contributed by atoms with Crippen LogP contribution in [0.2, 0.25) is 0 Å². The highest BCUT2D eigenvalue weighted by molar-refractivity contribution is 5.51. The minimum Gasteiger partial charge on any atom is -0.493 e. The molecule has 0 aliphatic carbocycles. The molecule has 0 unspecified atom stereocenters. The molecule has 0 bridgehead atoms. The normalized spacial score (nSPS) is 12.7. The van der Waals surface area contributed by atoms with Crippen molar-refractivity contribution in [3.63, 3.8) is 0 Å². The van der Waals surface area contributed by atoms with Crippen molar-refractivity contribution >= 4 is 0 Å². The summed E-state index contributed by atoms with van der Waals surface area (Å²) >= 11 is 0. The molecule has 0 fully saturated rings. The Bertz CT molecular complexity index is 625. The average Bonchev–Trinajstić information content (AvgIpc) is 3.08. The molecule has 1 N–H and O–H groups in total. The number of benzene rings is 1. The molecule has 6 heteroatoms. The molecule has 6 nitrogen and oxygen atoms in total. The van der Waals surface area contributed by atoms with Gasteiger partial charge in [0.2, 0.25) is 6.79 Å². The topological polar surface area (TPSA) is 57.5 Å². The Morgan fingerprint density at radius 2 is 2.14 bits per heavy atom. The molecule has 112 valence electrons. The third kappa shape index (κ3) is 3.11. The number of hydrogen-bond acceptors (Lipinski definition) is 5. The van der Waals surface area contributed by atoms with Gasteiger partial charge in [-0.2, -0.15) is 5.10 Å². The predicted molar refractivity (Wildman–Crippen MR) is 77.7 cm³/mol. The van der Waals surface area contributed by atoms with Crippen molar-refractivity contribution < 1.29 is 14.2 Å². The largest absolute Gasteiger partial charge is 0.493 e. The lowest BCUT2D eigenvalue weighted by molar-refractivity contribution is 0.173. The van der Waals surface area contributed by atoms with Gasteiger partial charge in [0.1, 0.15) is 5.75 Å². The molecule has 21 heavy (non-hydrogen) atoms. The molecule has 1 aliphatic rings. The Morgan fingerprint density at radius 1 is 1.33 bits per heavy atom. The number of nitrogens with one attached hydrogen (secondary N) is 1. The zero-order chi connectivity index (χ0) is 14.7. The number of fused-ring (bicyclic) bond motifs is 1. The molecule has 0 saturated heterocycles. The smallest absolute Gasteiger partial charge is 0.231 e. The van der Waals surface area contributed by atoms with E-state index < -0.39 is 0 Å². The van der Waals surface area contributed by atoms with Gasteiger partial charge in [0.05, 0.1) is 12.8 Å². The summed E-state index contributed by atoms with van der Waals surface area (Å²) in [6.45, 7) is 1.59. The van der Waals surface area contributed by atoms with Crippen LogP contribution in [0.3, 0.4) is 0 Å². The maximum Gasteiger partial charge on any atom is 0.231 e. The molecule has 3 rings (SSSR count). The third-order valence-corrected chi connectivity index (χ3v) is 3.33. The Hall–Kier alpha value is -2.21. The molecule has 0 spiro atoms. The zero-order valence-electron chi connectivity index (χ0n) is 12.3. The molecule has 0 saturated carbocycles. The Labute approximate surface area is 123 Å². The molecule has 1 aromatic heterocycles. The summed E-state index contributed by atoms with van der Waals surface area (Å²) in [5, 5.41) is 7.29. The number of nitrogens with zero attached hydrogens (tertiary/aromatic N) is 2. The van der Waals surface area contributed by atoms with Crippen molar-refractivity contribution in [2.24, 2.45) is 7.05 Å². The Morgan fingerprint density at radius 3 is 2.86 bits per heavy atom. The minimum absolute atomic E-state index is 0.271. The van der Waals surface area contributed by atoms with Crippen LogP contribution in [-0.4, -0.2) is 30.2 Å². The molecule has 0 amide bonds. The molecule has 0 atom stereocenters. The first-order chi connectivity index (χ1) is 10.3. The standard InChI is InChI=1S/C15H19N3O3/c1-16-8-12-5-14-15(21-10-20-14)6-13(12)19-4-3-11-7-17-18(2)9-11/h5-7,9,16H,3-4,8,10H2,1-2H3. The fourth-order valence-electron chi connectivity index (χ4n) is 2.31. The average molecular weight is 289 g/mol. The molecule has 0 radical (unpaired) electrons. The van der Waals surface area contributed by atoms with Crippen LogP contribution in [0.5, 0.6) is 17.2 Å². The van der Waals surface area contributed by atoms with Crippen LogP contribution in [0.25, 0.3) is 0 Å². The van der Waals surface area contributed by atoms with Crippen molar-refractivity contribution in [1.29, 1.82) is 0 Å². The zero-order valence-corrected chi connectivity index (χ0v) is 12.3. The lowest BCUT2D eigenvalue weighted by Crippen LogP contribution is -2.09. The molecule has 2 aromatic rings. The molecule has 2 heterocycles. The second-order valence-electron chi connectivity index (χ2n) is 4.96. The second-order valence-corrected chi connectivity index (χ2v) is 4.96. The van der Waals surface area contributed by atoms with E-state index in [-0.39, 0.29) is 6.79 Å². The quantitative estimate of drug-likeness (QED) is 0.873. The van der Waals surface area contributed by atoms with Gasteiger partial charge < -0.3 is 19.5 Å². The lowest BCUT2D eigenvalue weighted by atomic mass is 10.1. The number of aromatic nitrogens is 2. The first-order valence-electron chi connectivity index (χ1n) is 6.93. The van der Waals surface area contributed by atoms with E-state index in [1.807, 2.05) is 38.6 Å². The minimum atomic E-state index is 0.271. The first kappa shape index (κ1) is 13.8. The van der Waals surface area contributed by atoms with E-state index in [9.17, 15) is 0 Å². The van der Waals surface area contributed by atoms with E-state index >= 15 is 0 Å².